The van der Waals surface area contributed by atoms with Crippen molar-refractivity contribution in [2.24, 2.45) is 0 Å². The van der Waals surface area contributed by atoms with Crippen LogP contribution in [-0.4, -0.2) is 32.8 Å². The number of hydrogen-bond donors (Lipinski definition) is 2. The van der Waals surface area contributed by atoms with Crippen LogP contribution in [0.1, 0.15) is 24.1 Å². The molecule has 1 unspecified atom stereocenters. The van der Waals surface area contributed by atoms with Gasteiger partial charge in [-0.15, -0.1) is 11.3 Å². The molecule has 0 saturated heterocycles. The van der Waals surface area contributed by atoms with Gasteiger partial charge in [-0.3, -0.25) is 19.4 Å². The summed E-state index contributed by atoms with van der Waals surface area (Å²) in [4.78, 5) is 17.8. The number of rotatable bonds is 9. The van der Waals surface area contributed by atoms with Gasteiger partial charge >= 0.3 is 0 Å². The normalized spacial score (nSPS) is 11.7. The van der Waals surface area contributed by atoms with Crippen molar-refractivity contribution in [3.05, 3.63) is 76.1 Å². The molecule has 0 aliphatic rings. The molecule has 170 valence electrons. The molecular formula is C23H23N5O3S2. The van der Waals surface area contributed by atoms with Gasteiger partial charge in [0.25, 0.3) is 0 Å². The average Bonchev–Trinajstić information content (AvgIpc) is 3.51. The summed E-state index contributed by atoms with van der Waals surface area (Å²) in [6.07, 6.45) is 3.45. The standard InChI is InChI=1S/C23H23N5O3S2/c1-15(28-21(26-27-23(28)32)20-4-3-11-33-20)22(29)25-13-17-5-6-18(19(12-17)30-2)31-14-16-7-9-24-10-8-16/h3-12,15H,13-14H2,1-2H3,(H,25,29)(H,27,32). The second-order valence-corrected chi connectivity index (χ2v) is 8.56. The largest absolute Gasteiger partial charge is 0.493 e. The predicted molar refractivity (Wildman–Crippen MR) is 129 cm³/mol. The Balaban J connectivity index is 1.41. The van der Waals surface area contributed by atoms with E-state index < -0.39 is 6.04 Å². The molecule has 2 N–H and O–H groups in total. The van der Waals surface area contributed by atoms with E-state index in [1.165, 1.54) is 0 Å². The molecule has 0 aliphatic heterocycles. The van der Waals surface area contributed by atoms with Crippen LogP contribution in [0.3, 0.4) is 0 Å². The zero-order valence-electron chi connectivity index (χ0n) is 18.1. The van der Waals surface area contributed by atoms with Crippen molar-refractivity contribution < 1.29 is 14.3 Å². The topological polar surface area (TPSA) is 94.1 Å². The number of pyridine rings is 1. The SMILES string of the molecule is COc1cc(CNC(=O)C(C)n2c(-c3cccs3)n[nH]c2=S)ccc1OCc1ccncc1. The van der Waals surface area contributed by atoms with E-state index >= 15 is 0 Å². The molecule has 3 heterocycles. The van der Waals surface area contributed by atoms with Crippen LogP contribution in [0.2, 0.25) is 0 Å². The molecule has 1 atom stereocenters. The number of carbonyl (C=O) groups excluding carboxylic acids is 1. The van der Waals surface area contributed by atoms with Crippen LogP contribution >= 0.6 is 23.6 Å². The maximum Gasteiger partial charge on any atom is 0.243 e. The van der Waals surface area contributed by atoms with Crippen molar-refractivity contribution in [3.8, 4) is 22.2 Å². The highest BCUT2D eigenvalue weighted by atomic mass is 32.1. The zero-order valence-corrected chi connectivity index (χ0v) is 19.8. The minimum atomic E-state index is -0.529. The van der Waals surface area contributed by atoms with Crippen LogP contribution in [0, 0.1) is 4.77 Å². The lowest BCUT2D eigenvalue weighted by molar-refractivity contribution is -0.124. The van der Waals surface area contributed by atoms with E-state index in [2.05, 4.69) is 20.5 Å². The monoisotopic (exact) mass is 481 g/mol. The fraction of sp³-hybridized carbons (Fsp3) is 0.217. The summed E-state index contributed by atoms with van der Waals surface area (Å²) in [6.45, 7) is 2.54. The van der Waals surface area contributed by atoms with E-state index in [1.54, 1.807) is 42.3 Å². The van der Waals surface area contributed by atoms with Gasteiger partial charge in [0.05, 0.1) is 12.0 Å². The number of thiophene rings is 1. The minimum absolute atomic E-state index is 0.165. The molecule has 33 heavy (non-hydrogen) atoms. The summed E-state index contributed by atoms with van der Waals surface area (Å²) in [6, 6.07) is 12.7. The van der Waals surface area contributed by atoms with Crippen LogP contribution in [0.25, 0.3) is 10.7 Å². The maximum atomic E-state index is 12.9. The number of aromatic amines is 1. The van der Waals surface area contributed by atoms with E-state index in [0.29, 0.717) is 35.2 Å². The van der Waals surface area contributed by atoms with Crippen molar-refractivity contribution >= 4 is 29.5 Å². The van der Waals surface area contributed by atoms with Crippen molar-refractivity contribution in [3.63, 3.8) is 0 Å². The van der Waals surface area contributed by atoms with Gasteiger partial charge in [0.1, 0.15) is 12.6 Å². The van der Waals surface area contributed by atoms with Gasteiger partial charge in [0, 0.05) is 18.9 Å². The molecular weight excluding hydrogens is 458 g/mol. The maximum absolute atomic E-state index is 12.9. The Bertz CT molecular complexity index is 1270. The molecule has 1 amide bonds. The molecule has 0 bridgehead atoms. The first-order valence-corrected chi connectivity index (χ1v) is 11.5. The molecule has 1 aromatic carbocycles. The molecule has 0 saturated carbocycles. The number of nitrogens with zero attached hydrogens (tertiary/aromatic N) is 3. The Hall–Kier alpha value is -3.50. The van der Waals surface area contributed by atoms with E-state index in [1.807, 2.05) is 47.8 Å². The van der Waals surface area contributed by atoms with Crippen molar-refractivity contribution in [1.29, 1.82) is 0 Å². The zero-order chi connectivity index (χ0) is 23.2. The number of hydrogen-bond acceptors (Lipinski definition) is 7. The molecule has 3 aromatic heterocycles. The molecule has 10 heteroatoms. The second-order valence-electron chi connectivity index (χ2n) is 7.22. The summed E-state index contributed by atoms with van der Waals surface area (Å²) < 4.78 is 13.5. The van der Waals surface area contributed by atoms with Gasteiger partial charge in [-0.05, 0) is 66.0 Å². The molecule has 4 rings (SSSR count). The van der Waals surface area contributed by atoms with Crippen LogP contribution in [-0.2, 0) is 17.9 Å². The third kappa shape index (κ3) is 5.29. The average molecular weight is 482 g/mol. The summed E-state index contributed by atoms with van der Waals surface area (Å²) in [5.41, 5.74) is 1.90. The van der Waals surface area contributed by atoms with E-state index in [4.69, 9.17) is 21.7 Å². The Morgan fingerprint density at radius 3 is 2.76 bits per heavy atom. The van der Waals surface area contributed by atoms with E-state index in [9.17, 15) is 4.79 Å². The molecule has 0 fully saturated rings. The number of nitrogens with one attached hydrogen (secondary N) is 2. The number of methoxy groups -OCH3 is 1. The fourth-order valence-electron chi connectivity index (χ4n) is 3.28. The fourth-order valence-corrected chi connectivity index (χ4v) is 4.28. The van der Waals surface area contributed by atoms with Crippen LogP contribution in [0.4, 0.5) is 0 Å². The van der Waals surface area contributed by atoms with Crippen LogP contribution in [0.5, 0.6) is 11.5 Å². The highest BCUT2D eigenvalue weighted by molar-refractivity contribution is 7.71. The first-order valence-electron chi connectivity index (χ1n) is 10.2. The summed E-state index contributed by atoms with van der Waals surface area (Å²) in [5.74, 6) is 1.71. The number of ether oxygens (including phenoxy) is 2. The smallest absolute Gasteiger partial charge is 0.243 e. The van der Waals surface area contributed by atoms with E-state index in [0.717, 1.165) is 16.0 Å². The van der Waals surface area contributed by atoms with Crippen molar-refractivity contribution in [2.45, 2.75) is 26.1 Å². The van der Waals surface area contributed by atoms with Gasteiger partial charge in [-0.1, -0.05) is 12.1 Å². The highest BCUT2D eigenvalue weighted by Gasteiger charge is 2.21. The van der Waals surface area contributed by atoms with Gasteiger partial charge in [-0.2, -0.15) is 5.10 Å². The number of amides is 1. The molecule has 0 spiro atoms. The van der Waals surface area contributed by atoms with Gasteiger partial charge in [0.2, 0.25) is 5.91 Å². The first kappa shape index (κ1) is 22.7. The van der Waals surface area contributed by atoms with Crippen LogP contribution < -0.4 is 14.8 Å². The third-order valence-corrected chi connectivity index (χ3v) is 6.21. The molecule has 0 radical (unpaired) electrons. The highest BCUT2D eigenvalue weighted by Crippen LogP contribution is 2.29. The summed E-state index contributed by atoms with van der Waals surface area (Å²) in [5, 5.41) is 12.0. The Labute approximate surface area is 200 Å². The first-order chi connectivity index (χ1) is 16.1. The number of carbonyl (C=O) groups is 1. The number of H-pyrrole nitrogens is 1. The second kappa shape index (κ2) is 10.4. The van der Waals surface area contributed by atoms with E-state index in [-0.39, 0.29) is 5.91 Å². The lowest BCUT2D eigenvalue weighted by Crippen LogP contribution is -2.31. The molecule has 4 aromatic rings. The van der Waals surface area contributed by atoms with Crippen molar-refractivity contribution in [2.75, 3.05) is 7.11 Å². The molecule has 0 aliphatic carbocycles. The Morgan fingerprint density at radius 2 is 2.03 bits per heavy atom. The lowest BCUT2D eigenvalue weighted by atomic mass is 10.2. The van der Waals surface area contributed by atoms with Gasteiger partial charge < -0.3 is 14.8 Å². The minimum Gasteiger partial charge on any atom is -0.493 e. The number of aromatic nitrogens is 4. The van der Waals surface area contributed by atoms with Crippen molar-refractivity contribution in [1.82, 2.24) is 25.1 Å². The molecule has 8 nitrogen and oxygen atoms in total. The quantitative estimate of drug-likeness (QED) is 0.341. The van der Waals surface area contributed by atoms with Crippen LogP contribution in [0.15, 0.2) is 60.2 Å². The summed E-state index contributed by atoms with van der Waals surface area (Å²) in [7, 11) is 1.59. The number of benzene rings is 1. The predicted octanol–water partition coefficient (Wildman–Crippen LogP) is 4.53. The lowest BCUT2D eigenvalue weighted by Gasteiger charge is -2.16. The summed E-state index contributed by atoms with van der Waals surface area (Å²) >= 11 is 6.90. The van der Waals surface area contributed by atoms with Gasteiger partial charge in [-0.25, -0.2) is 0 Å². The Kier molecular flexibility index (Phi) is 7.16. The van der Waals surface area contributed by atoms with Gasteiger partial charge in [0.15, 0.2) is 22.1 Å². The Morgan fingerprint density at radius 1 is 1.21 bits per heavy atom. The third-order valence-electron chi connectivity index (χ3n) is 5.05.